The zero-order valence-electron chi connectivity index (χ0n) is 15.1. The number of nitrogens with one attached hydrogen (secondary N) is 1. The lowest BCUT2D eigenvalue weighted by atomic mass is 10.1. The molecule has 0 saturated carbocycles. The van der Waals surface area contributed by atoms with Crippen LogP contribution in [0.1, 0.15) is 42.5 Å². The van der Waals surface area contributed by atoms with Gasteiger partial charge in [0.25, 0.3) is 11.6 Å². The van der Waals surface area contributed by atoms with Crippen LogP contribution in [0.4, 0.5) is 5.69 Å². The van der Waals surface area contributed by atoms with Gasteiger partial charge in [0, 0.05) is 37.0 Å². The number of ether oxygens (including phenoxy) is 1. The second-order valence-electron chi connectivity index (χ2n) is 5.93. The van der Waals surface area contributed by atoms with Gasteiger partial charge >= 0.3 is 5.97 Å². The van der Waals surface area contributed by atoms with Gasteiger partial charge in [0.15, 0.2) is 0 Å². The third-order valence-corrected chi connectivity index (χ3v) is 4.04. The number of imidazole rings is 1. The molecule has 0 bridgehead atoms. The molecule has 0 aliphatic heterocycles. The molecule has 1 amide bonds. The van der Waals surface area contributed by atoms with Crippen molar-refractivity contribution in [1.82, 2.24) is 14.9 Å². The molecule has 0 fully saturated rings. The molecule has 1 aromatic carbocycles. The first-order valence-electron chi connectivity index (χ1n) is 8.64. The van der Waals surface area contributed by atoms with Crippen molar-refractivity contribution in [2.75, 3.05) is 13.7 Å². The summed E-state index contributed by atoms with van der Waals surface area (Å²) < 4.78 is 6.09. The SMILES string of the molecule is COC(=O)CCCCCCNC(=O)c1ccc(-n2ccnc2)c([N+](=O)[O-])c1. The molecule has 9 nitrogen and oxygen atoms in total. The zero-order chi connectivity index (χ0) is 19.6. The van der Waals surface area contributed by atoms with Gasteiger partial charge in [0.05, 0.1) is 18.4 Å². The molecule has 1 N–H and O–H groups in total. The minimum atomic E-state index is -0.520. The molecular weight excluding hydrogens is 352 g/mol. The van der Waals surface area contributed by atoms with Crippen molar-refractivity contribution < 1.29 is 19.2 Å². The molecule has 2 aromatic rings. The average Bonchev–Trinajstić information content (AvgIpc) is 3.20. The fourth-order valence-electron chi connectivity index (χ4n) is 2.58. The Morgan fingerprint density at radius 2 is 2.04 bits per heavy atom. The fraction of sp³-hybridized carbons (Fsp3) is 0.389. The molecule has 0 radical (unpaired) electrons. The number of nitro groups is 1. The first-order valence-corrected chi connectivity index (χ1v) is 8.64. The summed E-state index contributed by atoms with van der Waals surface area (Å²) in [7, 11) is 1.37. The van der Waals surface area contributed by atoms with Crippen LogP contribution in [-0.2, 0) is 9.53 Å². The number of nitrogens with zero attached hydrogens (tertiary/aromatic N) is 3. The van der Waals surface area contributed by atoms with Gasteiger partial charge in [-0.1, -0.05) is 12.8 Å². The number of carbonyl (C=O) groups excluding carboxylic acids is 2. The molecule has 2 rings (SSSR count). The number of hydrogen-bond donors (Lipinski definition) is 1. The lowest BCUT2D eigenvalue weighted by Gasteiger charge is -2.08. The number of unbranched alkanes of at least 4 members (excludes halogenated alkanes) is 3. The zero-order valence-corrected chi connectivity index (χ0v) is 15.1. The second-order valence-corrected chi connectivity index (χ2v) is 5.93. The van der Waals surface area contributed by atoms with Crippen LogP contribution in [0, 0.1) is 10.1 Å². The molecular formula is C18H22N4O5. The first-order chi connectivity index (χ1) is 13.0. The molecule has 0 atom stereocenters. The van der Waals surface area contributed by atoms with Crippen molar-refractivity contribution in [1.29, 1.82) is 0 Å². The molecule has 0 saturated heterocycles. The summed E-state index contributed by atoms with van der Waals surface area (Å²) in [5.41, 5.74) is 0.416. The van der Waals surface area contributed by atoms with E-state index in [0.717, 1.165) is 25.7 Å². The van der Waals surface area contributed by atoms with Crippen LogP contribution in [0.25, 0.3) is 5.69 Å². The van der Waals surface area contributed by atoms with E-state index in [0.29, 0.717) is 18.7 Å². The van der Waals surface area contributed by atoms with Gasteiger partial charge in [-0.15, -0.1) is 0 Å². The van der Waals surface area contributed by atoms with Crippen LogP contribution < -0.4 is 5.32 Å². The van der Waals surface area contributed by atoms with E-state index in [1.165, 1.54) is 36.3 Å². The Kier molecular flexibility index (Phi) is 7.48. The van der Waals surface area contributed by atoms with Crippen LogP contribution in [0.15, 0.2) is 36.9 Å². The van der Waals surface area contributed by atoms with Gasteiger partial charge in [-0.25, -0.2) is 4.98 Å². The molecule has 0 aliphatic carbocycles. The standard InChI is InChI=1S/C18H22N4O5/c1-27-17(23)6-4-2-3-5-9-20-18(24)14-7-8-15(16(12-14)22(25)26)21-11-10-19-13-21/h7-8,10-13H,2-6,9H2,1H3,(H,20,24). The molecule has 9 heteroatoms. The highest BCUT2D eigenvalue weighted by Gasteiger charge is 2.18. The number of aromatic nitrogens is 2. The number of hydrogen-bond acceptors (Lipinski definition) is 6. The maximum Gasteiger partial charge on any atom is 0.305 e. The van der Waals surface area contributed by atoms with E-state index >= 15 is 0 Å². The number of esters is 1. The Bertz CT molecular complexity index is 789. The van der Waals surface area contributed by atoms with Crippen LogP contribution in [0.2, 0.25) is 0 Å². The van der Waals surface area contributed by atoms with Crippen LogP contribution in [0.3, 0.4) is 0 Å². The largest absolute Gasteiger partial charge is 0.469 e. The smallest absolute Gasteiger partial charge is 0.305 e. The Balaban J connectivity index is 1.85. The molecule has 1 aromatic heterocycles. The Morgan fingerprint density at radius 3 is 2.70 bits per heavy atom. The maximum absolute atomic E-state index is 12.2. The number of rotatable bonds is 10. The number of carbonyl (C=O) groups is 2. The number of amides is 1. The van der Waals surface area contributed by atoms with Crippen molar-refractivity contribution in [2.24, 2.45) is 0 Å². The third kappa shape index (κ3) is 5.91. The minimum absolute atomic E-state index is 0.163. The Hall–Kier alpha value is -3.23. The lowest BCUT2D eigenvalue weighted by molar-refractivity contribution is -0.384. The average molecular weight is 374 g/mol. The summed E-state index contributed by atoms with van der Waals surface area (Å²) in [6, 6.07) is 4.34. The van der Waals surface area contributed by atoms with Gasteiger partial charge in [0.1, 0.15) is 5.69 Å². The number of methoxy groups -OCH3 is 1. The number of nitro benzene ring substituents is 1. The van der Waals surface area contributed by atoms with Gasteiger partial charge in [-0.05, 0) is 25.0 Å². The second kappa shape index (κ2) is 10.0. The van der Waals surface area contributed by atoms with Crippen LogP contribution in [0.5, 0.6) is 0 Å². The van der Waals surface area contributed by atoms with E-state index < -0.39 is 4.92 Å². The highest BCUT2D eigenvalue weighted by Crippen LogP contribution is 2.24. The summed E-state index contributed by atoms with van der Waals surface area (Å²) in [5, 5.41) is 14.1. The molecule has 27 heavy (non-hydrogen) atoms. The summed E-state index contributed by atoms with van der Waals surface area (Å²) in [4.78, 5) is 37.9. The van der Waals surface area contributed by atoms with Crippen molar-refractivity contribution in [3.05, 3.63) is 52.6 Å². The normalized spacial score (nSPS) is 10.4. The van der Waals surface area contributed by atoms with E-state index in [1.54, 1.807) is 12.3 Å². The molecule has 0 unspecified atom stereocenters. The van der Waals surface area contributed by atoms with E-state index in [1.807, 2.05) is 0 Å². The fourth-order valence-corrected chi connectivity index (χ4v) is 2.58. The quantitative estimate of drug-likeness (QED) is 0.296. The topological polar surface area (TPSA) is 116 Å². The van der Waals surface area contributed by atoms with E-state index in [-0.39, 0.29) is 23.1 Å². The minimum Gasteiger partial charge on any atom is -0.469 e. The Labute approximate surface area is 156 Å². The van der Waals surface area contributed by atoms with Gasteiger partial charge < -0.3 is 14.6 Å². The van der Waals surface area contributed by atoms with Crippen LogP contribution in [-0.4, -0.2) is 40.0 Å². The third-order valence-electron chi connectivity index (χ3n) is 4.04. The van der Waals surface area contributed by atoms with Gasteiger partial charge in [0.2, 0.25) is 0 Å². The summed E-state index contributed by atoms with van der Waals surface area (Å²) in [6.45, 7) is 0.466. The molecule has 144 valence electrons. The molecule has 0 spiro atoms. The monoisotopic (exact) mass is 374 g/mol. The van der Waals surface area contributed by atoms with Crippen molar-refractivity contribution in [2.45, 2.75) is 32.1 Å². The summed E-state index contributed by atoms with van der Waals surface area (Å²) in [5.74, 6) is -0.575. The lowest BCUT2D eigenvalue weighted by Crippen LogP contribution is -2.24. The van der Waals surface area contributed by atoms with Crippen molar-refractivity contribution >= 4 is 17.6 Å². The maximum atomic E-state index is 12.2. The van der Waals surface area contributed by atoms with Crippen LogP contribution >= 0.6 is 0 Å². The highest BCUT2D eigenvalue weighted by atomic mass is 16.6. The van der Waals surface area contributed by atoms with Crippen molar-refractivity contribution in [3.63, 3.8) is 0 Å². The molecule has 0 aliphatic rings. The summed E-state index contributed by atoms with van der Waals surface area (Å²) in [6.07, 6.45) is 8.24. The highest BCUT2D eigenvalue weighted by molar-refractivity contribution is 5.95. The van der Waals surface area contributed by atoms with E-state index in [9.17, 15) is 19.7 Å². The first kappa shape index (κ1) is 20.1. The Morgan fingerprint density at radius 1 is 1.26 bits per heavy atom. The van der Waals surface area contributed by atoms with Crippen molar-refractivity contribution in [3.8, 4) is 5.69 Å². The van der Waals surface area contributed by atoms with Gasteiger partial charge in [-0.2, -0.15) is 0 Å². The van der Waals surface area contributed by atoms with E-state index in [2.05, 4.69) is 15.0 Å². The predicted octanol–water partition coefficient (Wildman–Crippen LogP) is 2.63. The molecule has 1 heterocycles. The number of benzene rings is 1. The summed E-state index contributed by atoms with van der Waals surface area (Å²) >= 11 is 0. The van der Waals surface area contributed by atoms with E-state index in [4.69, 9.17) is 0 Å². The predicted molar refractivity (Wildman–Crippen MR) is 97.7 cm³/mol. The van der Waals surface area contributed by atoms with Gasteiger partial charge in [-0.3, -0.25) is 19.7 Å².